The molecule has 2 heterocycles. The predicted molar refractivity (Wildman–Crippen MR) is 69.3 cm³/mol. The molecule has 2 rings (SSSR count). The van der Waals surface area contributed by atoms with Gasteiger partial charge in [-0.15, -0.1) is 5.10 Å². The standard InChI is InChI=1S/C12H14N6/c1-2-5-16-12-10(7-13)11(14)18(17-12)9-4-3-6-15-8-9/h3-4,6,8H,2,5,14H2,1H3,(H,16,17). The number of nitrogen functional groups attached to an aromatic ring is 1. The highest BCUT2D eigenvalue weighted by Crippen LogP contribution is 2.23. The third kappa shape index (κ3) is 2.11. The molecule has 2 aromatic heterocycles. The number of rotatable bonds is 4. The normalized spacial score (nSPS) is 10.0. The van der Waals surface area contributed by atoms with Gasteiger partial charge in [0, 0.05) is 12.7 Å². The fraction of sp³-hybridized carbons (Fsp3) is 0.250. The topological polar surface area (TPSA) is 92.6 Å². The second kappa shape index (κ2) is 5.19. The van der Waals surface area contributed by atoms with Gasteiger partial charge in [-0.3, -0.25) is 4.98 Å². The van der Waals surface area contributed by atoms with Gasteiger partial charge in [0.05, 0.1) is 11.9 Å². The van der Waals surface area contributed by atoms with Gasteiger partial charge in [-0.2, -0.15) is 5.26 Å². The van der Waals surface area contributed by atoms with E-state index in [1.54, 1.807) is 18.5 Å². The summed E-state index contributed by atoms with van der Waals surface area (Å²) in [6.45, 7) is 2.79. The molecule has 0 aliphatic heterocycles. The first-order valence-corrected chi connectivity index (χ1v) is 5.70. The zero-order valence-corrected chi connectivity index (χ0v) is 10.1. The maximum Gasteiger partial charge on any atom is 0.168 e. The van der Waals surface area contributed by atoms with E-state index in [0.29, 0.717) is 17.2 Å². The van der Waals surface area contributed by atoms with E-state index in [0.717, 1.165) is 18.7 Å². The summed E-state index contributed by atoms with van der Waals surface area (Å²) in [7, 11) is 0. The van der Waals surface area contributed by atoms with Gasteiger partial charge in [0.25, 0.3) is 0 Å². The van der Waals surface area contributed by atoms with E-state index in [1.807, 2.05) is 13.0 Å². The molecule has 0 aromatic carbocycles. The fourth-order valence-corrected chi connectivity index (χ4v) is 1.58. The molecule has 2 aromatic rings. The molecule has 0 saturated heterocycles. The SMILES string of the molecule is CCCNc1nn(-c2cccnc2)c(N)c1C#N. The number of aromatic nitrogens is 3. The van der Waals surface area contributed by atoms with Gasteiger partial charge in [-0.25, -0.2) is 4.68 Å². The van der Waals surface area contributed by atoms with Gasteiger partial charge in [0.1, 0.15) is 17.5 Å². The quantitative estimate of drug-likeness (QED) is 0.848. The van der Waals surface area contributed by atoms with E-state index >= 15 is 0 Å². The second-order valence-corrected chi connectivity index (χ2v) is 3.77. The smallest absolute Gasteiger partial charge is 0.168 e. The van der Waals surface area contributed by atoms with Gasteiger partial charge in [0.15, 0.2) is 5.82 Å². The van der Waals surface area contributed by atoms with E-state index in [2.05, 4.69) is 21.5 Å². The Morgan fingerprint density at radius 3 is 3.00 bits per heavy atom. The van der Waals surface area contributed by atoms with Crippen LogP contribution in [0.2, 0.25) is 0 Å². The molecule has 6 nitrogen and oxygen atoms in total. The van der Waals surface area contributed by atoms with Gasteiger partial charge in [0.2, 0.25) is 0 Å². The summed E-state index contributed by atoms with van der Waals surface area (Å²) in [6, 6.07) is 5.70. The van der Waals surface area contributed by atoms with Crippen LogP contribution in [0.25, 0.3) is 5.69 Å². The van der Waals surface area contributed by atoms with Crippen molar-refractivity contribution in [2.45, 2.75) is 13.3 Å². The fourth-order valence-electron chi connectivity index (χ4n) is 1.58. The lowest BCUT2D eigenvalue weighted by atomic mass is 10.3. The molecule has 0 spiro atoms. The lowest BCUT2D eigenvalue weighted by Gasteiger charge is -2.01. The predicted octanol–water partition coefficient (Wildman–Crippen LogP) is 1.54. The summed E-state index contributed by atoms with van der Waals surface area (Å²) in [5.41, 5.74) is 7.03. The molecule has 0 atom stereocenters. The number of nitriles is 1. The Labute approximate surface area is 105 Å². The van der Waals surface area contributed by atoms with Crippen molar-refractivity contribution in [3.8, 4) is 11.8 Å². The van der Waals surface area contributed by atoms with Crippen LogP contribution >= 0.6 is 0 Å². The first-order chi connectivity index (χ1) is 8.77. The first kappa shape index (κ1) is 11.9. The molecular weight excluding hydrogens is 228 g/mol. The molecule has 0 saturated carbocycles. The second-order valence-electron chi connectivity index (χ2n) is 3.77. The highest BCUT2D eigenvalue weighted by molar-refractivity contribution is 5.65. The number of anilines is 2. The third-order valence-corrected chi connectivity index (χ3v) is 2.47. The molecule has 0 bridgehead atoms. The molecule has 92 valence electrons. The lowest BCUT2D eigenvalue weighted by molar-refractivity contribution is 0.875. The molecule has 0 radical (unpaired) electrons. The molecule has 18 heavy (non-hydrogen) atoms. The molecular formula is C12H14N6. The van der Waals surface area contributed by atoms with Crippen molar-refractivity contribution in [1.82, 2.24) is 14.8 Å². The molecule has 0 unspecified atom stereocenters. The largest absolute Gasteiger partial charge is 0.382 e. The van der Waals surface area contributed by atoms with E-state index in [1.165, 1.54) is 4.68 Å². The summed E-state index contributed by atoms with van der Waals surface area (Å²) in [5.74, 6) is 0.838. The number of hydrogen-bond donors (Lipinski definition) is 2. The van der Waals surface area contributed by atoms with Crippen molar-refractivity contribution in [2.75, 3.05) is 17.6 Å². The van der Waals surface area contributed by atoms with E-state index in [-0.39, 0.29) is 0 Å². The van der Waals surface area contributed by atoms with Crippen LogP contribution in [0.1, 0.15) is 18.9 Å². The average molecular weight is 242 g/mol. The molecule has 0 amide bonds. The van der Waals surface area contributed by atoms with Gasteiger partial charge >= 0.3 is 0 Å². The summed E-state index contributed by atoms with van der Waals surface area (Å²) in [4.78, 5) is 4.01. The van der Waals surface area contributed by atoms with Crippen molar-refractivity contribution >= 4 is 11.6 Å². The Kier molecular flexibility index (Phi) is 3.44. The van der Waals surface area contributed by atoms with Crippen molar-refractivity contribution in [3.63, 3.8) is 0 Å². The van der Waals surface area contributed by atoms with E-state index < -0.39 is 0 Å². The maximum atomic E-state index is 9.12. The molecule has 0 aliphatic carbocycles. The number of nitrogens with two attached hydrogens (primary N) is 1. The van der Waals surface area contributed by atoms with Crippen LogP contribution in [0.5, 0.6) is 0 Å². The number of nitrogens with zero attached hydrogens (tertiary/aromatic N) is 4. The summed E-state index contributed by atoms with van der Waals surface area (Å²) in [6.07, 6.45) is 4.27. The highest BCUT2D eigenvalue weighted by Gasteiger charge is 2.15. The molecule has 0 fully saturated rings. The number of nitrogens with one attached hydrogen (secondary N) is 1. The van der Waals surface area contributed by atoms with Crippen molar-refractivity contribution in [3.05, 3.63) is 30.1 Å². The summed E-state index contributed by atoms with van der Waals surface area (Å²) < 4.78 is 1.52. The highest BCUT2D eigenvalue weighted by atomic mass is 15.3. The minimum absolute atomic E-state index is 0.323. The monoisotopic (exact) mass is 242 g/mol. The van der Waals surface area contributed by atoms with Crippen LogP contribution in [0, 0.1) is 11.3 Å². The molecule has 3 N–H and O–H groups in total. The Bertz CT molecular complexity index is 566. The third-order valence-electron chi connectivity index (χ3n) is 2.47. The Hall–Kier alpha value is -2.55. The Morgan fingerprint density at radius 1 is 1.56 bits per heavy atom. The molecule has 6 heteroatoms. The van der Waals surface area contributed by atoms with Crippen LogP contribution in [0.3, 0.4) is 0 Å². The van der Waals surface area contributed by atoms with Crippen LogP contribution in [-0.2, 0) is 0 Å². The maximum absolute atomic E-state index is 9.12. The van der Waals surface area contributed by atoms with Gasteiger partial charge in [-0.1, -0.05) is 6.92 Å². The molecule has 0 aliphatic rings. The van der Waals surface area contributed by atoms with E-state index in [9.17, 15) is 0 Å². The van der Waals surface area contributed by atoms with Gasteiger partial charge < -0.3 is 11.1 Å². The number of pyridine rings is 1. The van der Waals surface area contributed by atoms with Crippen molar-refractivity contribution in [2.24, 2.45) is 0 Å². The van der Waals surface area contributed by atoms with Crippen LogP contribution in [-0.4, -0.2) is 21.3 Å². The Balaban J connectivity index is 2.44. The van der Waals surface area contributed by atoms with Crippen LogP contribution < -0.4 is 11.1 Å². The van der Waals surface area contributed by atoms with Crippen LogP contribution in [0.4, 0.5) is 11.6 Å². The number of hydrogen-bond acceptors (Lipinski definition) is 5. The van der Waals surface area contributed by atoms with Crippen molar-refractivity contribution < 1.29 is 0 Å². The Morgan fingerprint density at radius 2 is 2.39 bits per heavy atom. The van der Waals surface area contributed by atoms with Gasteiger partial charge in [-0.05, 0) is 18.6 Å². The lowest BCUT2D eigenvalue weighted by Crippen LogP contribution is -2.03. The van der Waals surface area contributed by atoms with E-state index in [4.69, 9.17) is 11.0 Å². The van der Waals surface area contributed by atoms with Crippen molar-refractivity contribution in [1.29, 1.82) is 5.26 Å². The van der Waals surface area contributed by atoms with Crippen LogP contribution in [0.15, 0.2) is 24.5 Å². The first-order valence-electron chi connectivity index (χ1n) is 5.70. The zero-order chi connectivity index (χ0) is 13.0. The average Bonchev–Trinajstić information content (AvgIpc) is 2.73. The zero-order valence-electron chi connectivity index (χ0n) is 10.1. The summed E-state index contributed by atoms with van der Waals surface area (Å²) in [5, 5.41) is 16.5. The minimum Gasteiger partial charge on any atom is -0.382 e. The minimum atomic E-state index is 0.323. The summed E-state index contributed by atoms with van der Waals surface area (Å²) >= 11 is 0.